The van der Waals surface area contributed by atoms with Gasteiger partial charge in [-0.05, 0) is 38.1 Å². The predicted molar refractivity (Wildman–Crippen MR) is 103 cm³/mol. The molecule has 1 atom stereocenters. The van der Waals surface area contributed by atoms with E-state index in [1.165, 1.54) is 0 Å². The summed E-state index contributed by atoms with van der Waals surface area (Å²) in [6.07, 6.45) is 3.49. The van der Waals surface area contributed by atoms with Crippen LogP contribution in [0.25, 0.3) is 0 Å². The molecule has 7 nitrogen and oxygen atoms in total. The van der Waals surface area contributed by atoms with Crippen LogP contribution in [-0.2, 0) is 0 Å². The number of rotatable bonds is 4. The van der Waals surface area contributed by atoms with Crippen LogP contribution in [0.3, 0.4) is 0 Å². The van der Waals surface area contributed by atoms with Crippen LogP contribution in [0.5, 0.6) is 5.75 Å². The summed E-state index contributed by atoms with van der Waals surface area (Å²) in [7, 11) is 0. The fourth-order valence-corrected chi connectivity index (χ4v) is 3.05. The summed E-state index contributed by atoms with van der Waals surface area (Å²) in [6, 6.07) is 8.47. The Labute approximate surface area is 158 Å². The van der Waals surface area contributed by atoms with Gasteiger partial charge in [-0.15, -0.1) is 0 Å². The van der Waals surface area contributed by atoms with Crippen molar-refractivity contribution in [2.24, 2.45) is 5.73 Å². The Bertz CT molecular complexity index is 823. The number of aromatic nitrogens is 1. The lowest BCUT2D eigenvalue weighted by molar-refractivity contribution is 0.0633. The molecule has 1 aromatic heterocycles. The highest BCUT2D eigenvalue weighted by atomic mass is 16.5. The van der Waals surface area contributed by atoms with E-state index in [0.717, 1.165) is 0 Å². The first-order valence-electron chi connectivity index (χ1n) is 9.03. The molecule has 0 saturated heterocycles. The van der Waals surface area contributed by atoms with E-state index in [9.17, 15) is 9.59 Å². The van der Waals surface area contributed by atoms with Gasteiger partial charge in [0.05, 0.1) is 11.3 Å². The van der Waals surface area contributed by atoms with Gasteiger partial charge in [0, 0.05) is 43.5 Å². The first-order chi connectivity index (χ1) is 13.0. The minimum absolute atomic E-state index is 0.0527. The van der Waals surface area contributed by atoms with Crippen molar-refractivity contribution in [3.63, 3.8) is 0 Å². The third kappa shape index (κ3) is 4.09. The Morgan fingerprint density at radius 3 is 2.74 bits per heavy atom. The SMILES string of the molecule is CC(C)N1CC[C@H](CN)Oc2c(NC(=O)c3ccncc3)cccc2C1=O. The molecule has 0 unspecified atom stereocenters. The van der Waals surface area contributed by atoms with Gasteiger partial charge >= 0.3 is 0 Å². The molecular formula is C20H24N4O3. The van der Waals surface area contributed by atoms with Gasteiger partial charge in [0.15, 0.2) is 5.75 Å². The van der Waals surface area contributed by atoms with E-state index in [1.807, 2.05) is 13.8 Å². The zero-order chi connectivity index (χ0) is 19.4. The number of nitrogens with one attached hydrogen (secondary N) is 1. The number of ether oxygens (including phenoxy) is 1. The minimum Gasteiger partial charge on any atom is -0.486 e. The van der Waals surface area contributed by atoms with Gasteiger partial charge in [0.2, 0.25) is 0 Å². The Morgan fingerprint density at radius 2 is 2.07 bits per heavy atom. The molecule has 27 heavy (non-hydrogen) atoms. The van der Waals surface area contributed by atoms with Crippen LogP contribution in [0.15, 0.2) is 42.7 Å². The van der Waals surface area contributed by atoms with Crippen LogP contribution >= 0.6 is 0 Å². The summed E-state index contributed by atoms with van der Waals surface area (Å²) in [4.78, 5) is 31.3. The summed E-state index contributed by atoms with van der Waals surface area (Å²) >= 11 is 0. The second-order valence-electron chi connectivity index (χ2n) is 6.73. The third-order valence-corrected chi connectivity index (χ3v) is 4.56. The number of pyridine rings is 1. The lowest BCUT2D eigenvalue weighted by Crippen LogP contribution is -2.43. The third-order valence-electron chi connectivity index (χ3n) is 4.56. The second kappa shape index (κ2) is 8.18. The number of nitrogens with zero attached hydrogens (tertiary/aromatic N) is 2. The molecule has 0 fully saturated rings. The van der Waals surface area contributed by atoms with Crippen molar-refractivity contribution in [2.45, 2.75) is 32.4 Å². The van der Waals surface area contributed by atoms with Gasteiger partial charge in [-0.2, -0.15) is 0 Å². The standard InChI is InChI=1S/C20H24N4O3/c1-13(2)24-11-8-15(12-21)27-18-16(20(24)26)4-3-5-17(18)23-19(25)14-6-9-22-10-7-14/h3-7,9-10,13,15H,8,11-12,21H2,1-2H3,(H,23,25)/t15-/m1/s1. The minimum atomic E-state index is -0.297. The summed E-state index contributed by atoms with van der Waals surface area (Å²) < 4.78 is 6.05. The number of benzene rings is 1. The number of para-hydroxylation sites is 1. The summed E-state index contributed by atoms with van der Waals surface area (Å²) in [5.41, 5.74) is 7.20. The van der Waals surface area contributed by atoms with Gasteiger partial charge in [0.1, 0.15) is 6.10 Å². The molecule has 0 aliphatic carbocycles. The van der Waals surface area contributed by atoms with E-state index in [4.69, 9.17) is 10.5 Å². The van der Waals surface area contributed by atoms with Crippen LogP contribution in [0.2, 0.25) is 0 Å². The Hall–Kier alpha value is -2.93. The fraction of sp³-hybridized carbons (Fsp3) is 0.350. The molecule has 3 N–H and O–H groups in total. The van der Waals surface area contributed by atoms with Crippen molar-refractivity contribution >= 4 is 17.5 Å². The van der Waals surface area contributed by atoms with E-state index in [2.05, 4.69) is 10.3 Å². The molecule has 7 heteroatoms. The van der Waals surface area contributed by atoms with E-state index >= 15 is 0 Å². The molecule has 1 aliphatic heterocycles. The van der Waals surface area contributed by atoms with E-state index in [1.54, 1.807) is 47.6 Å². The van der Waals surface area contributed by atoms with Crippen molar-refractivity contribution in [1.29, 1.82) is 0 Å². The number of hydrogen-bond donors (Lipinski definition) is 2. The quantitative estimate of drug-likeness (QED) is 0.863. The number of carbonyl (C=O) groups excluding carboxylic acids is 2. The van der Waals surface area contributed by atoms with Crippen LogP contribution < -0.4 is 15.8 Å². The zero-order valence-electron chi connectivity index (χ0n) is 15.5. The van der Waals surface area contributed by atoms with Crippen LogP contribution in [-0.4, -0.2) is 46.9 Å². The van der Waals surface area contributed by atoms with Gasteiger partial charge in [0.25, 0.3) is 11.8 Å². The topological polar surface area (TPSA) is 97.6 Å². The Balaban J connectivity index is 1.99. The lowest BCUT2D eigenvalue weighted by Gasteiger charge is -2.33. The monoisotopic (exact) mass is 368 g/mol. The Kier molecular flexibility index (Phi) is 5.71. The molecule has 2 aromatic rings. The first kappa shape index (κ1) is 18.8. The average Bonchev–Trinajstić information content (AvgIpc) is 2.66. The maximum atomic E-state index is 13.0. The maximum Gasteiger partial charge on any atom is 0.257 e. The van der Waals surface area contributed by atoms with Gasteiger partial charge in [-0.1, -0.05) is 6.07 Å². The molecule has 2 amide bonds. The molecule has 0 bridgehead atoms. The molecule has 1 aromatic carbocycles. The number of amides is 2. The molecular weight excluding hydrogens is 344 g/mol. The second-order valence-corrected chi connectivity index (χ2v) is 6.73. The van der Waals surface area contributed by atoms with Crippen molar-refractivity contribution in [3.05, 3.63) is 53.9 Å². The van der Waals surface area contributed by atoms with E-state index in [0.29, 0.717) is 42.1 Å². The van der Waals surface area contributed by atoms with Gasteiger partial charge < -0.3 is 20.7 Å². The smallest absolute Gasteiger partial charge is 0.257 e. The molecule has 1 aliphatic rings. The number of nitrogens with two attached hydrogens (primary N) is 1. The Morgan fingerprint density at radius 1 is 1.33 bits per heavy atom. The summed E-state index contributed by atoms with van der Waals surface area (Å²) in [5, 5.41) is 2.84. The highest BCUT2D eigenvalue weighted by Gasteiger charge is 2.29. The largest absolute Gasteiger partial charge is 0.486 e. The number of anilines is 1. The molecule has 2 heterocycles. The number of carbonyl (C=O) groups is 2. The normalized spacial score (nSPS) is 17.0. The molecule has 3 rings (SSSR count). The zero-order valence-corrected chi connectivity index (χ0v) is 15.5. The lowest BCUT2D eigenvalue weighted by atomic mass is 10.1. The molecule has 0 radical (unpaired) electrons. The fourth-order valence-electron chi connectivity index (χ4n) is 3.05. The molecule has 142 valence electrons. The molecule has 0 spiro atoms. The molecule has 0 saturated carbocycles. The number of fused-ring (bicyclic) bond motifs is 1. The van der Waals surface area contributed by atoms with Crippen molar-refractivity contribution in [1.82, 2.24) is 9.88 Å². The van der Waals surface area contributed by atoms with E-state index in [-0.39, 0.29) is 24.0 Å². The summed E-state index contributed by atoms with van der Waals surface area (Å²) in [5.74, 6) is -0.0462. The average molecular weight is 368 g/mol. The highest BCUT2D eigenvalue weighted by Crippen LogP contribution is 2.33. The van der Waals surface area contributed by atoms with Crippen molar-refractivity contribution in [2.75, 3.05) is 18.4 Å². The van der Waals surface area contributed by atoms with Gasteiger partial charge in [-0.3, -0.25) is 14.6 Å². The summed E-state index contributed by atoms with van der Waals surface area (Å²) in [6.45, 7) is 4.86. The van der Waals surface area contributed by atoms with Crippen LogP contribution in [0, 0.1) is 0 Å². The number of hydrogen-bond acceptors (Lipinski definition) is 5. The van der Waals surface area contributed by atoms with Crippen molar-refractivity contribution in [3.8, 4) is 5.75 Å². The maximum absolute atomic E-state index is 13.0. The predicted octanol–water partition coefficient (Wildman–Crippen LogP) is 2.29. The van der Waals surface area contributed by atoms with Gasteiger partial charge in [-0.25, -0.2) is 0 Å². The van der Waals surface area contributed by atoms with Crippen LogP contribution in [0.4, 0.5) is 5.69 Å². The van der Waals surface area contributed by atoms with Crippen LogP contribution in [0.1, 0.15) is 41.0 Å². The van der Waals surface area contributed by atoms with E-state index < -0.39 is 0 Å². The first-order valence-corrected chi connectivity index (χ1v) is 9.03. The van der Waals surface area contributed by atoms with Crippen molar-refractivity contribution < 1.29 is 14.3 Å². The highest BCUT2D eigenvalue weighted by molar-refractivity contribution is 6.07.